The average molecular weight is 359 g/mol. The van der Waals surface area contributed by atoms with E-state index in [0.717, 1.165) is 0 Å². The van der Waals surface area contributed by atoms with Gasteiger partial charge in [0.15, 0.2) is 0 Å². The molecule has 0 heterocycles. The van der Waals surface area contributed by atoms with Gasteiger partial charge in [0.05, 0.1) is 10.5 Å². The van der Waals surface area contributed by atoms with Gasteiger partial charge in [0, 0.05) is 28.7 Å². The van der Waals surface area contributed by atoms with Gasteiger partial charge in [-0.2, -0.15) is 0 Å². The molecule has 1 unspecified atom stereocenters. The van der Waals surface area contributed by atoms with Crippen LogP contribution in [0.2, 0.25) is 0 Å². The molecule has 0 bridgehead atoms. The molecule has 0 spiro atoms. The lowest BCUT2D eigenvalue weighted by Crippen LogP contribution is -2.41. The van der Waals surface area contributed by atoms with Crippen molar-refractivity contribution in [2.45, 2.75) is 32.8 Å². The fourth-order valence-corrected chi connectivity index (χ4v) is 2.62. The Hall–Kier alpha value is -1.47. The molecule has 7 heteroatoms. The summed E-state index contributed by atoms with van der Waals surface area (Å²) in [6, 6.07) is 4.03. The maximum absolute atomic E-state index is 12.0. The Labute approximate surface area is 131 Å². The highest BCUT2D eigenvalue weighted by Crippen LogP contribution is 2.21. The standard InChI is InChI=1S/C14H19BrN2O4/c1-9(2)7-14(3,19)8-16-13(18)10-4-11(15)6-12(5-10)17(20)21/h4-6,9,19H,7-8H2,1-3H3,(H,16,18). The number of hydrogen-bond acceptors (Lipinski definition) is 4. The van der Waals surface area contributed by atoms with E-state index in [-0.39, 0.29) is 17.8 Å². The van der Waals surface area contributed by atoms with Gasteiger partial charge in [-0.15, -0.1) is 0 Å². The quantitative estimate of drug-likeness (QED) is 0.603. The first-order valence-corrected chi connectivity index (χ1v) is 7.35. The number of nitrogens with one attached hydrogen (secondary N) is 1. The van der Waals surface area contributed by atoms with E-state index >= 15 is 0 Å². The Morgan fingerprint density at radius 3 is 2.62 bits per heavy atom. The number of rotatable bonds is 6. The second-order valence-corrected chi connectivity index (χ2v) is 6.65. The van der Waals surface area contributed by atoms with Crippen LogP contribution in [-0.4, -0.2) is 28.1 Å². The number of nitro groups is 1. The van der Waals surface area contributed by atoms with Crippen molar-refractivity contribution < 1.29 is 14.8 Å². The Morgan fingerprint density at radius 1 is 1.48 bits per heavy atom. The summed E-state index contributed by atoms with van der Waals surface area (Å²) >= 11 is 3.14. The number of nitro benzene ring substituents is 1. The van der Waals surface area contributed by atoms with Crippen LogP contribution in [0.1, 0.15) is 37.6 Å². The summed E-state index contributed by atoms with van der Waals surface area (Å²) in [7, 11) is 0. The van der Waals surface area contributed by atoms with Crippen molar-refractivity contribution in [1.29, 1.82) is 0 Å². The lowest BCUT2D eigenvalue weighted by Gasteiger charge is -2.25. The zero-order chi connectivity index (χ0) is 16.2. The summed E-state index contributed by atoms with van der Waals surface area (Å²) in [6.07, 6.45) is 0.548. The van der Waals surface area contributed by atoms with Crippen LogP contribution in [0.15, 0.2) is 22.7 Å². The van der Waals surface area contributed by atoms with Gasteiger partial charge in [0.25, 0.3) is 11.6 Å². The number of carbonyl (C=O) groups excluding carboxylic acids is 1. The summed E-state index contributed by atoms with van der Waals surface area (Å²) in [6.45, 7) is 5.70. The Morgan fingerprint density at radius 2 is 2.10 bits per heavy atom. The normalized spacial score (nSPS) is 13.8. The van der Waals surface area contributed by atoms with Crippen molar-refractivity contribution in [1.82, 2.24) is 5.32 Å². The number of non-ortho nitro benzene ring substituents is 1. The first-order chi connectivity index (χ1) is 9.60. The van der Waals surface area contributed by atoms with Crippen LogP contribution in [0.25, 0.3) is 0 Å². The molecule has 116 valence electrons. The van der Waals surface area contributed by atoms with Gasteiger partial charge in [-0.3, -0.25) is 14.9 Å². The Kier molecular flexibility index (Phi) is 5.86. The molecule has 1 atom stereocenters. The van der Waals surface area contributed by atoms with E-state index in [1.54, 1.807) is 6.92 Å². The van der Waals surface area contributed by atoms with Crippen molar-refractivity contribution in [3.05, 3.63) is 38.3 Å². The van der Waals surface area contributed by atoms with Crippen molar-refractivity contribution in [3.63, 3.8) is 0 Å². The summed E-state index contributed by atoms with van der Waals surface area (Å²) in [4.78, 5) is 22.3. The molecule has 2 N–H and O–H groups in total. The Bertz CT molecular complexity index is 544. The first kappa shape index (κ1) is 17.6. The lowest BCUT2D eigenvalue weighted by molar-refractivity contribution is -0.385. The average Bonchev–Trinajstić information content (AvgIpc) is 2.33. The molecule has 0 aromatic heterocycles. The number of carbonyl (C=O) groups is 1. The fraction of sp³-hybridized carbons (Fsp3) is 0.500. The molecule has 1 amide bonds. The number of aliphatic hydroxyl groups is 1. The van der Waals surface area contributed by atoms with Gasteiger partial charge in [-0.25, -0.2) is 0 Å². The molecule has 0 radical (unpaired) electrons. The van der Waals surface area contributed by atoms with E-state index in [1.807, 2.05) is 13.8 Å². The molecule has 1 rings (SSSR count). The minimum Gasteiger partial charge on any atom is -0.388 e. The van der Waals surface area contributed by atoms with Crippen LogP contribution >= 0.6 is 15.9 Å². The number of benzene rings is 1. The Balaban J connectivity index is 2.79. The van der Waals surface area contributed by atoms with Gasteiger partial charge in [0.2, 0.25) is 0 Å². The molecular formula is C14H19BrN2O4. The second kappa shape index (κ2) is 7.00. The smallest absolute Gasteiger partial charge is 0.271 e. The second-order valence-electron chi connectivity index (χ2n) is 5.73. The molecule has 0 aliphatic rings. The monoisotopic (exact) mass is 358 g/mol. The molecular weight excluding hydrogens is 340 g/mol. The van der Waals surface area contributed by atoms with Gasteiger partial charge in [-0.05, 0) is 25.3 Å². The molecule has 0 saturated heterocycles. The zero-order valence-corrected chi connectivity index (χ0v) is 13.8. The topological polar surface area (TPSA) is 92.5 Å². The predicted molar refractivity (Wildman–Crippen MR) is 83.2 cm³/mol. The lowest BCUT2D eigenvalue weighted by atomic mass is 9.94. The third kappa shape index (κ3) is 5.81. The highest BCUT2D eigenvalue weighted by Gasteiger charge is 2.23. The zero-order valence-electron chi connectivity index (χ0n) is 12.2. The van der Waals surface area contributed by atoms with E-state index in [0.29, 0.717) is 16.8 Å². The van der Waals surface area contributed by atoms with Gasteiger partial charge in [-0.1, -0.05) is 29.8 Å². The largest absolute Gasteiger partial charge is 0.388 e. The highest BCUT2D eigenvalue weighted by atomic mass is 79.9. The van der Waals surface area contributed by atoms with E-state index < -0.39 is 16.4 Å². The number of nitrogens with zero attached hydrogens (tertiary/aromatic N) is 1. The summed E-state index contributed by atoms with van der Waals surface area (Å²) in [5, 5.41) is 23.5. The molecule has 0 aliphatic heterocycles. The molecule has 6 nitrogen and oxygen atoms in total. The minimum atomic E-state index is -1.01. The molecule has 1 aromatic rings. The summed E-state index contributed by atoms with van der Waals surface area (Å²) < 4.78 is 0.454. The van der Waals surface area contributed by atoms with Crippen molar-refractivity contribution in [2.24, 2.45) is 5.92 Å². The van der Waals surface area contributed by atoms with Crippen LogP contribution in [0, 0.1) is 16.0 Å². The van der Waals surface area contributed by atoms with E-state index in [4.69, 9.17) is 0 Å². The van der Waals surface area contributed by atoms with Crippen LogP contribution in [0.3, 0.4) is 0 Å². The molecule has 0 aliphatic carbocycles. The molecule has 21 heavy (non-hydrogen) atoms. The number of hydrogen-bond donors (Lipinski definition) is 2. The highest BCUT2D eigenvalue weighted by molar-refractivity contribution is 9.10. The molecule has 0 fully saturated rings. The molecule has 0 saturated carbocycles. The van der Waals surface area contributed by atoms with Crippen molar-refractivity contribution >= 4 is 27.5 Å². The maximum Gasteiger partial charge on any atom is 0.271 e. The van der Waals surface area contributed by atoms with Crippen LogP contribution in [-0.2, 0) is 0 Å². The fourth-order valence-electron chi connectivity index (χ4n) is 2.14. The first-order valence-electron chi connectivity index (χ1n) is 6.56. The van der Waals surface area contributed by atoms with E-state index in [2.05, 4.69) is 21.2 Å². The third-order valence-corrected chi connectivity index (χ3v) is 3.29. The SMILES string of the molecule is CC(C)CC(C)(O)CNC(=O)c1cc(Br)cc([N+](=O)[O-])c1. The van der Waals surface area contributed by atoms with Crippen LogP contribution in [0.4, 0.5) is 5.69 Å². The van der Waals surface area contributed by atoms with E-state index in [9.17, 15) is 20.0 Å². The summed E-state index contributed by atoms with van der Waals surface area (Å²) in [5.41, 5.74) is -0.998. The van der Waals surface area contributed by atoms with Crippen LogP contribution in [0.5, 0.6) is 0 Å². The van der Waals surface area contributed by atoms with Crippen LogP contribution < -0.4 is 5.32 Å². The van der Waals surface area contributed by atoms with Gasteiger partial charge < -0.3 is 10.4 Å². The number of halogens is 1. The predicted octanol–water partition coefficient (Wildman–Crippen LogP) is 2.88. The maximum atomic E-state index is 12.0. The van der Waals surface area contributed by atoms with Crippen molar-refractivity contribution in [2.75, 3.05) is 6.54 Å². The minimum absolute atomic E-state index is 0.0876. The van der Waals surface area contributed by atoms with Crippen molar-refractivity contribution in [3.8, 4) is 0 Å². The van der Waals surface area contributed by atoms with Gasteiger partial charge >= 0.3 is 0 Å². The molecule has 1 aromatic carbocycles. The van der Waals surface area contributed by atoms with E-state index in [1.165, 1.54) is 18.2 Å². The number of amides is 1. The summed E-state index contributed by atoms with van der Waals surface area (Å²) in [5.74, 6) is -0.160. The third-order valence-electron chi connectivity index (χ3n) is 2.83. The van der Waals surface area contributed by atoms with Gasteiger partial charge in [0.1, 0.15) is 0 Å².